The van der Waals surface area contributed by atoms with E-state index in [1.54, 1.807) is 25.3 Å². The van der Waals surface area contributed by atoms with Crippen molar-refractivity contribution >= 4 is 11.9 Å². The molecule has 2 N–H and O–H groups in total. The molecule has 0 spiro atoms. The van der Waals surface area contributed by atoms with Crippen molar-refractivity contribution in [2.24, 2.45) is 0 Å². The maximum Gasteiger partial charge on any atom is 0.231 e. The Kier molecular flexibility index (Phi) is 5.28. The predicted molar refractivity (Wildman–Crippen MR) is 99.8 cm³/mol. The van der Waals surface area contributed by atoms with E-state index in [0.29, 0.717) is 29.2 Å². The van der Waals surface area contributed by atoms with Gasteiger partial charge in [-0.15, -0.1) is 0 Å². The van der Waals surface area contributed by atoms with E-state index in [4.69, 9.17) is 9.47 Å². The van der Waals surface area contributed by atoms with Gasteiger partial charge in [-0.3, -0.25) is 4.79 Å². The van der Waals surface area contributed by atoms with Gasteiger partial charge in [0.15, 0.2) is 11.5 Å². The number of benzene rings is 2. The number of nitrogens with one attached hydrogen (secondary N) is 1. The summed E-state index contributed by atoms with van der Waals surface area (Å²) in [6.45, 7) is 6.67. The van der Waals surface area contributed by atoms with Crippen LogP contribution in [0.2, 0.25) is 0 Å². The van der Waals surface area contributed by atoms with Crippen LogP contribution in [-0.2, 0) is 6.54 Å². The van der Waals surface area contributed by atoms with Gasteiger partial charge in [0.25, 0.3) is 0 Å². The van der Waals surface area contributed by atoms with Crippen molar-refractivity contribution in [1.82, 2.24) is 0 Å². The Bertz CT molecular complexity index is 853. The number of carbonyl (C=O) groups is 1. The van der Waals surface area contributed by atoms with Crippen LogP contribution < -0.4 is 14.4 Å². The first-order valence-electron chi connectivity index (χ1n) is 8.84. The molecule has 136 valence electrons. The second kappa shape index (κ2) is 7.62. The van der Waals surface area contributed by atoms with Crippen LogP contribution >= 0.6 is 0 Å². The summed E-state index contributed by atoms with van der Waals surface area (Å²) in [6, 6.07) is 10.6. The molecular weight excluding hydrogens is 330 g/mol. The number of Topliss-reactive ketones (excluding diaryl/α,β-unsaturated/α-hetero) is 1. The van der Waals surface area contributed by atoms with Gasteiger partial charge in [0, 0.05) is 0 Å². The van der Waals surface area contributed by atoms with E-state index in [1.165, 1.54) is 4.90 Å². The van der Waals surface area contributed by atoms with Gasteiger partial charge < -0.3 is 19.5 Å². The zero-order chi connectivity index (χ0) is 18.7. The Morgan fingerprint density at radius 3 is 2.65 bits per heavy atom. The monoisotopic (exact) mass is 354 g/mol. The third-order valence-corrected chi connectivity index (χ3v) is 4.73. The summed E-state index contributed by atoms with van der Waals surface area (Å²) in [5.41, 5.74) is 2.00. The molecule has 0 radical (unpaired) electrons. The minimum Gasteiger partial charge on any atom is -0.507 e. The van der Waals surface area contributed by atoms with Gasteiger partial charge in [-0.05, 0) is 49.8 Å². The molecule has 0 saturated heterocycles. The highest BCUT2D eigenvalue weighted by molar-refractivity contribution is 6.15. The summed E-state index contributed by atoms with van der Waals surface area (Å²) in [5.74, 6) is 1.45. The van der Waals surface area contributed by atoms with Crippen molar-refractivity contribution in [1.29, 1.82) is 0 Å². The standard InChI is InChI=1S/C21H23NO4/c1-4-22(5-2)13-17-18(23)10-9-16-20(24)19(26-21(16)17)12-14-7-6-8-15(11-14)25-3/h6-12,23H,4-5,13H2,1-3H3/p+1/b19-12-. The fourth-order valence-corrected chi connectivity index (χ4v) is 3.10. The minimum absolute atomic E-state index is 0.165. The number of hydrogen-bond acceptors (Lipinski definition) is 4. The van der Waals surface area contributed by atoms with Crippen molar-refractivity contribution in [3.05, 3.63) is 58.8 Å². The van der Waals surface area contributed by atoms with Crippen LogP contribution in [0.5, 0.6) is 17.2 Å². The summed E-state index contributed by atoms with van der Waals surface area (Å²) in [7, 11) is 1.60. The molecule has 1 aliphatic rings. The molecule has 0 bridgehead atoms. The average molecular weight is 354 g/mol. The first-order valence-corrected chi connectivity index (χ1v) is 8.84. The van der Waals surface area contributed by atoms with Crippen LogP contribution in [0.3, 0.4) is 0 Å². The quantitative estimate of drug-likeness (QED) is 0.783. The Labute approximate surface area is 153 Å². The number of ketones is 1. The smallest absolute Gasteiger partial charge is 0.231 e. The van der Waals surface area contributed by atoms with Gasteiger partial charge in [0.2, 0.25) is 5.78 Å². The highest BCUT2D eigenvalue weighted by Gasteiger charge is 2.32. The van der Waals surface area contributed by atoms with E-state index < -0.39 is 0 Å². The molecule has 0 fully saturated rings. The van der Waals surface area contributed by atoms with E-state index in [2.05, 4.69) is 13.8 Å². The van der Waals surface area contributed by atoms with Gasteiger partial charge in [-0.2, -0.15) is 0 Å². The fraction of sp³-hybridized carbons (Fsp3) is 0.286. The minimum atomic E-state index is -0.168. The molecular formula is C21H24NO4+. The summed E-state index contributed by atoms with van der Waals surface area (Å²) < 4.78 is 11.1. The molecule has 2 aromatic rings. The number of allylic oxidation sites excluding steroid dienone is 1. The Hall–Kier alpha value is -2.79. The molecule has 0 amide bonds. The molecule has 2 aromatic carbocycles. The Balaban J connectivity index is 1.96. The highest BCUT2D eigenvalue weighted by Crippen LogP contribution is 2.39. The molecule has 0 aromatic heterocycles. The number of hydrogen-bond donors (Lipinski definition) is 2. The van der Waals surface area contributed by atoms with Crippen LogP contribution in [-0.4, -0.2) is 31.1 Å². The molecule has 26 heavy (non-hydrogen) atoms. The molecule has 1 aliphatic heterocycles. The molecule has 0 unspecified atom stereocenters. The largest absolute Gasteiger partial charge is 0.507 e. The fourth-order valence-electron chi connectivity index (χ4n) is 3.10. The Morgan fingerprint density at radius 1 is 1.19 bits per heavy atom. The highest BCUT2D eigenvalue weighted by atomic mass is 16.5. The SMILES string of the molecule is CC[NH+](CC)Cc1c(O)ccc2c1O/C(=C\c1cccc(OC)c1)C2=O. The number of aromatic hydroxyl groups is 1. The van der Waals surface area contributed by atoms with E-state index in [0.717, 1.165) is 18.7 Å². The van der Waals surface area contributed by atoms with Gasteiger partial charge >= 0.3 is 0 Å². The lowest BCUT2D eigenvalue weighted by atomic mass is 10.0. The molecule has 5 nitrogen and oxygen atoms in total. The molecule has 0 aliphatic carbocycles. The number of fused-ring (bicyclic) bond motifs is 1. The molecule has 3 rings (SSSR count). The number of ether oxygens (including phenoxy) is 2. The topological polar surface area (TPSA) is 60.2 Å². The van der Waals surface area contributed by atoms with Crippen molar-refractivity contribution in [3.8, 4) is 17.2 Å². The summed E-state index contributed by atoms with van der Waals surface area (Å²) in [6.07, 6.45) is 1.70. The van der Waals surface area contributed by atoms with E-state index >= 15 is 0 Å². The summed E-state index contributed by atoms with van der Waals surface area (Å²) >= 11 is 0. The van der Waals surface area contributed by atoms with Crippen molar-refractivity contribution in [3.63, 3.8) is 0 Å². The maximum atomic E-state index is 12.7. The van der Waals surface area contributed by atoms with Crippen molar-refractivity contribution in [2.45, 2.75) is 20.4 Å². The lowest BCUT2D eigenvalue weighted by Crippen LogP contribution is -3.10. The lowest BCUT2D eigenvalue weighted by Gasteiger charge is -2.17. The maximum absolute atomic E-state index is 12.7. The van der Waals surface area contributed by atoms with E-state index in [-0.39, 0.29) is 17.3 Å². The first kappa shape index (κ1) is 18.0. The third-order valence-electron chi connectivity index (χ3n) is 4.73. The van der Waals surface area contributed by atoms with Crippen LogP contribution in [0.25, 0.3) is 6.08 Å². The van der Waals surface area contributed by atoms with Crippen molar-refractivity contribution < 1.29 is 24.3 Å². The predicted octanol–water partition coefficient (Wildman–Crippen LogP) is 2.44. The zero-order valence-electron chi connectivity index (χ0n) is 15.3. The Morgan fingerprint density at radius 2 is 1.96 bits per heavy atom. The van der Waals surface area contributed by atoms with Crippen LogP contribution in [0.4, 0.5) is 0 Å². The second-order valence-corrected chi connectivity index (χ2v) is 6.29. The first-order chi connectivity index (χ1) is 12.6. The molecule has 5 heteroatoms. The number of phenolic OH excluding ortho intramolecular Hbond substituents is 1. The lowest BCUT2D eigenvalue weighted by molar-refractivity contribution is -0.910. The third kappa shape index (κ3) is 3.44. The van der Waals surface area contributed by atoms with Gasteiger partial charge in [0.05, 0.1) is 31.3 Å². The zero-order valence-corrected chi connectivity index (χ0v) is 15.3. The van der Waals surface area contributed by atoms with Gasteiger partial charge in [-0.25, -0.2) is 0 Å². The normalized spacial score (nSPS) is 14.6. The number of carbonyl (C=O) groups excluding carboxylic acids is 1. The summed E-state index contributed by atoms with van der Waals surface area (Å²) in [4.78, 5) is 14.0. The molecule has 0 saturated carbocycles. The van der Waals surface area contributed by atoms with Gasteiger partial charge in [0.1, 0.15) is 18.0 Å². The second-order valence-electron chi connectivity index (χ2n) is 6.29. The number of phenols is 1. The van der Waals surface area contributed by atoms with E-state index in [1.807, 2.05) is 24.3 Å². The van der Waals surface area contributed by atoms with Crippen LogP contribution in [0, 0.1) is 0 Å². The van der Waals surface area contributed by atoms with E-state index in [9.17, 15) is 9.90 Å². The number of rotatable bonds is 6. The van der Waals surface area contributed by atoms with Crippen LogP contribution in [0.15, 0.2) is 42.2 Å². The van der Waals surface area contributed by atoms with Gasteiger partial charge in [-0.1, -0.05) is 12.1 Å². The molecule has 0 atom stereocenters. The molecule has 1 heterocycles. The average Bonchev–Trinajstić information content (AvgIpc) is 2.97. The number of methoxy groups -OCH3 is 1. The summed E-state index contributed by atoms with van der Waals surface area (Å²) in [5, 5.41) is 10.3. The number of quaternary nitrogens is 1. The van der Waals surface area contributed by atoms with Crippen molar-refractivity contribution in [2.75, 3.05) is 20.2 Å². The van der Waals surface area contributed by atoms with Crippen LogP contribution in [0.1, 0.15) is 35.3 Å².